The van der Waals surface area contributed by atoms with Crippen LogP contribution in [0.5, 0.6) is 0 Å². The Balaban J connectivity index is 0.000000219. The monoisotopic (exact) mass is 1370 g/mol. The van der Waals surface area contributed by atoms with Gasteiger partial charge in [0.15, 0.2) is 0 Å². The van der Waals surface area contributed by atoms with Crippen molar-refractivity contribution in [3.05, 3.63) is 211 Å². The molecule has 0 atom stereocenters. The van der Waals surface area contributed by atoms with Crippen molar-refractivity contribution in [1.29, 1.82) is 0 Å². The SMILES string of the molecule is CC(C)(C)c1cc(COCCOCCOCCN=[N+]=[N-])cc(C(C)(C)C)c1.CC(C)(C)c1cc(COCCOCCOCCn2nnc3c2-c2ccccc2CCc2ccccc2-3)cc(C(C)(C)C)c1.c1cc2ccc1COCCOCCOCc1ccc(cc1)COCCOCCOC2. The van der Waals surface area contributed by atoms with E-state index in [0.29, 0.717) is 172 Å². The third kappa shape index (κ3) is 29.3. The average Bonchev–Trinajstić information content (AvgIpc) is 1.59. The van der Waals surface area contributed by atoms with Gasteiger partial charge in [-0.05, 0) is 107 Å². The number of fused-ring (bicyclic) bond motifs is 5. The van der Waals surface area contributed by atoms with Gasteiger partial charge in [-0.2, -0.15) is 0 Å². The zero-order chi connectivity index (χ0) is 71.5. The first-order chi connectivity index (χ1) is 48.2. The zero-order valence-electron chi connectivity index (χ0n) is 62.1. The van der Waals surface area contributed by atoms with E-state index in [0.717, 1.165) is 46.5 Å². The second-order valence-electron chi connectivity index (χ2n) is 29.2. The minimum atomic E-state index is 0.0982. The number of rotatable bonds is 22. The molecule has 18 nitrogen and oxygen atoms in total. The molecule has 0 fully saturated rings. The van der Waals surface area contributed by atoms with Crippen LogP contribution in [0.1, 0.15) is 150 Å². The molecule has 18 heteroatoms. The molecule has 0 radical (unpaired) electrons. The summed E-state index contributed by atoms with van der Waals surface area (Å²) in [5, 5.41) is 12.6. The predicted octanol–water partition coefficient (Wildman–Crippen LogP) is 16.2. The Morgan fingerprint density at radius 1 is 0.400 bits per heavy atom. The number of aromatic nitrogens is 3. The summed E-state index contributed by atoms with van der Waals surface area (Å²) in [6.45, 7) is 41.1. The van der Waals surface area contributed by atoms with Gasteiger partial charge in [-0.25, -0.2) is 4.68 Å². The fourth-order valence-corrected chi connectivity index (χ4v) is 10.9. The fourth-order valence-electron chi connectivity index (χ4n) is 10.9. The molecule has 100 heavy (non-hydrogen) atoms. The minimum Gasteiger partial charge on any atom is -0.379 e. The van der Waals surface area contributed by atoms with Gasteiger partial charge in [0.1, 0.15) is 5.69 Å². The summed E-state index contributed by atoms with van der Waals surface area (Å²) in [6.07, 6.45) is 1.99. The van der Waals surface area contributed by atoms with Crippen molar-refractivity contribution in [2.75, 3.05) is 125 Å². The van der Waals surface area contributed by atoms with Crippen LogP contribution in [-0.4, -0.2) is 140 Å². The van der Waals surface area contributed by atoms with E-state index in [2.05, 4.69) is 237 Å². The average molecular weight is 1380 g/mol. The number of nitrogens with zero attached hydrogens (tertiary/aromatic N) is 6. The molecule has 0 saturated heterocycles. The van der Waals surface area contributed by atoms with Crippen LogP contribution in [0, 0.1) is 0 Å². The molecule has 1 aromatic heterocycles. The van der Waals surface area contributed by atoms with Gasteiger partial charge in [-0.1, -0.05) is 227 Å². The summed E-state index contributed by atoms with van der Waals surface area (Å²) in [5.74, 6) is 0. The predicted molar refractivity (Wildman–Crippen MR) is 396 cm³/mol. The van der Waals surface area contributed by atoms with E-state index in [4.69, 9.17) is 62.4 Å². The highest BCUT2D eigenvalue weighted by Gasteiger charge is 2.25. The lowest BCUT2D eigenvalue weighted by molar-refractivity contribution is 0.00623. The first-order valence-electron chi connectivity index (χ1n) is 35.6. The van der Waals surface area contributed by atoms with Gasteiger partial charge >= 0.3 is 0 Å². The molecule has 0 amide bonds. The molecule has 0 spiro atoms. The molecular weight excluding hydrogens is 1260 g/mol. The highest BCUT2D eigenvalue weighted by atomic mass is 16.6. The van der Waals surface area contributed by atoms with Crippen molar-refractivity contribution in [3.8, 4) is 22.5 Å². The number of benzene rings is 6. The van der Waals surface area contributed by atoms with Crippen LogP contribution in [0.2, 0.25) is 0 Å². The molecule has 12 rings (SSSR count). The molecule has 6 aromatic carbocycles. The van der Waals surface area contributed by atoms with Gasteiger partial charge in [-0.15, -0.1) is 5.10 Å². The van der Waals surface area contributed by atoms with Gasteiger partial charge in [0, 0.05) is 22.6 Å². The molecule has 4 aliphatic heterocycles. The second kappa shape index (κ2) is 42.6. The Labute approximate surface area is 596 Å². The van der Waals surface area contributed by atoms with Gasteiger partial charge < -0.3 is 56.8 Å². The van der Waals surface area contributed by atoms with Crippen LogP contribution in [0.3, 0.4) is 0 Å². The first kappa shape index (κ1) is 80.6. The Morgan fingerprint density at radius 3 is 1.11 bits per heavy atom. The van der Waals surface area contributed by atoms with Crippen molar-refractivity contribution in [2.24, 2.45) is 5.11 Å². The van der Waals surface area contributed by atoms with E-state index < -0.39 is 0 Å². The van der Waals surface area contributed by atoms with Crippen LogP contribution in [0.25, 0.3) is 33.0 Å². The van der Waals surface area contributed by atoms with Crippen molar-refractivity contribution >= 4 is 0 Å². The van der Waals surface area contributed by atoms with Crippen LogP contribution in [0.4, 0.5) is 0 Å². The molecule has 0 N–H and O–H groups in total. The smallest absolute Gasteiger partial charge is 0.121 e. The van der Waals surface area contributed by atoms with E-state index >= 15 is 0 Å². The number of hydrogen-bond donors (Lipinski definition) is 0. The molecule has 544 valence electrons. The van der Waals surface area contributed by atoms with Crippen molar-refractivity contribution in [2.45, 2.75) is 164 Å². The topological polar surface area (TPSA) is 190 Å². The Bertz CT molecular complexity index is 3320. The number of azide groups is 1. The van der Waals surface area contributed by atoms with E-state index in [-0.39, 0.29) is 21.7 Å². The lowest BCUT2D eigenvalue weighted by Gasteiger charge is -2.26. The molecule has 1 aliphatic carbocycles. The van der Waals surface area contributed by atoms with E-state index in [1.807, 2.05) is 4.68 Å². The van der Waals surface area contributed by atoms with Crippen LogP contribution >= 0.6 is 0 Å². The largest absolute Gasteiger partial charge is 0.379 e. The number of ether oxygens (including phenoxy) is 12. The van der Waals surface area contributed by atoms with E-state index in [1.54, 1.807) is 0 Å². The molecule has 0 unspecified atom stereocenters. The van der Waals surface area contributed by atoms with Crippen LogP contribution < -0.4 is 0 Å². The summed E-state index contributed by atoms with van der Waals surface area (Å²) in [7, 11) is 0. The molecule has 4 bridgehead atoms. The van der Waals surface area contributed by atoms with Gasteiger partial charge in [-0.3, -0.25) is 0 Å². The van der Waals surface area contributed by atoms with Crippen LogP contribution in [-0.2, 0) is 138 Å². The summed E-state index contributed by atoms with van der Waals surface area (Å²) >= 11 is 0. The normalized spacial score (nSPS) is 14.6. The third-order valence-electron chi connectivity index (χ3n) is 16.9. The standard InChI is InChI=1S/C37H47N3O3.C24H32O6.C21H35N3O3/c1-36(2,3)30-23-27(24-31(25-30)37(4,5)6)26-43-22-21-42-20-19-41-18-17-40-35-33-14-10-8-12-29(33)16-15-28-11-7-9-13-32(28)34(35)38-39-40;1-2-22-4-3-21(1)17-27-13-9-25-11-15-29-19-23-5-7-24(8-6-23)20-30-16-12-26-10-14-28-18-22;1-20(2,3)18-13-17(14-19(15-18)21(4,5)6)16-27-12-11-26-10-9-25-8-7-23-24-22/h7-14,23-25H,15-22,26H2,1-6H3;1-8H,9-20H2;13-15H,7-12,16H2,1-6H3. The third-order valence-corrected chi connectivity index (χ3v) is 16.9. The molecule has 0 saturated carbocycles. The fraction of sp³-hybridized carbons (Fsp3) is 0.537. The summed E-state index contributed by atoms with van der Waals surface area (Å²) in [6, 6.07) is 47.4. The van der Waals surface area contributed by atoms with E-state index in [1.165, 1.54) is 55.6 Å². The molecule has 7 aromatic rings. The zero-order valence-corrected chi connectivity index (χ0v) is 62.1. The Hall–Kier alpha value is -6.71. The quantitative estimate of drug-likeness (QED) is 0.0269. The molecular formula is C82H114N6O12. The summed E-state index contributed by atoms with van der Waals surface area (Å²) < 4.78 is 70.0. The van der Waals surface area contributed by atoms with Crippen molar-refractivity contribution in [3.63, 3.8) is 0 Å². The lowest BCUT2D eigenvalue weighted by Crippen LogP contribution is -2.17. The molecule has 5 aliphatic rings. The Morgan fingerprint density at radius 2 is 0.730 bits per heavy atom. The summed E-state index contributed by atoms with van der Waals surface area (Å²) in [5.41, 5.74) is 27.9. The van der Waals surface area contributed by atoms with Gasteiger partial charge in [0.2, 0.25) is 0 Å². The second-order valence-corrected chi connectivity index (χ2v) is 29.2. The van der Waals surface area contributed by atoms with E-state index in [9.17, 15) is 0 Å². The van der Waals surface area contributed by atoms with Gasteiger partial charge in [0.25, 0.3) is 0 Å². The maximum absolute atomic E-state index is 8.15. The lowest BCUT2D eigenvalue weighted by atomic mass is 9.79. The highest BCUT2D eigenvalue weighted by molar-refractivity contribution is 5.82. The van der Waals surface area contributed by atoms with Crippen LogP contribution in [0.15, 0.2) is 139 Å². The Kier molecular flexibility index (Phi) is 34.4. The van der Waals surface area contributed by atoms with Crippen molar-refractivity contribution in [1.82, 2.24) is 15.0 Å². The maximum Gasteiger partial charge on any atom is 0.121 e. The van der Waals surface area contributed by atoms with Gasteiger partial charge in [0.05, 0.1) is 171 Å². The molecule has 5 heterocycles. The highest BCUT2D eigenvalue weighted by Crippen LogP contribution is 2.38. The van der Waals surface area contributed by atoms with Crippen molar-refractivity contribution < 1.29 is 56.8 Å². The number of hydrogen-bond acceptors (Lipinski definition) is 15. The maximum atomic E-state index is 8.15. The first-order valence-corrected chi connectivity index (χ1v) is 35.6. The minimum absolute atomic E-state index is 0.0982. The summed E-state index contributed by atoms with van der Waals surface area (Å²) in [4.78, 5) is 2.66. The number of aryl methyl sites for hydroxylation is 2.